The van der Waals surface area contributed by atoms with Crippen LogP contribution < -0.4 is 4.74 Å². The Bertz CT molecular complexity index is 1150. The van der Waals surface area contributed by atoms with E-state index >= 15 is 0 Å². The maximum atomic E-state index is 12.2. The van der Waals surface area contributed by atoms with Crippen LogP contribution in [0.1, 0.15) is 28.0 Å². The molecule has 1 aromatic carbocycles. The zero-order chi connectivity index (χ0) is 19.7. The van der Waals surface area contributed by atoms with Crippen LogP contribution in [-0.4, -0.2) is 37.5 Å². The smallest absolute Gasteiger partial charge is 0.348 e. The predicted molar refractivity (Wildman–Crippen MR) is 104 cm³/mol. The summed E-state index contributed by atoms with van der Waals surface area (Å²) in [6.07, 6.45) is 3.36. The van der Waals surface area contributed by atoms with E-state index in [1.54, 1.807) is 30.9 Å². The monoisotopic (exact) mass is 395 g/mol. The molecule has 0 atom stereocenters. The molecule has 0 radical (unpaired) electrons. The quantitative estimate of drug-likeness (QED) is 0.474. The largest absolute Gasteiger partial charge is 0.462 e. The number of benzene rings is 1. The van der Waals surface area contributed by atoms with Crippen LogP contribution >= 0.6 is 11.3 Å². The van der Waals surface area contributed by atoms with Crippen molar-refractivity contribution in [2.75, 3.05) is 6.61 Å². The lowest BCUT2D eigenvalue weighted by atomic mass is 10.2. The van der Waals surface area contributed by atoms with E-state index in [2.05, 4.69) is 20.3 Å². The molecular weight excluding hydrogens is 378 g/mol. The molecule has 0 aliphatic heterocycles. The van der Waals surface area contributed by atoms with E-state index in [1.807, 2.05) is 31.2 Å². The number of esters is 1. The maximum absolute atomic E-state index is 12.2. The molecule has 0 N–H and O–H groups in total. The average Bonchev–Trinajstić information content (AvgIpc) is 3.30. The maximum Gasteiger partial charge on any atom is 0.348 e. The van der Waals surface area contributed by atoms with Crippen LogP contribution in [0, 0.1) is 13.8 Å². The summed E-state index contributed by atoms with van der Waals surface area (Å²) in [5.74, 6) is 1.20. The number of carbonyl (C=O) groups is 1. The minimum atomic E-state index is -0.361. The molecule has 0 fully saturated rings. The molecule has 4 rings (SSSR count). The van der Waals surface area contributed by atoms with Gasteiger partial charge in [0.1, 0.15) is 21.3 Å². The van der Waals surface area contributed by atoms with Crippen LogP contribution in [0.4, 0.5) is 0 Å². The Morgan fingerprint density at radius 1 is 1.25 bits per heavy atom. The number of hydrogen-bond donors (Lipinski definition) is 0. The Labute approximate surface area is 164 Å². The first-order valence-corrected chi connectivity index (χ1v) is 9.48. The highest BCUT2D eigenvalue weighted by atomic mass is 32.1. The molecule has 0 amide bonds. The van der Waals surface area contributed by atoms with Crippen LogP contribution in [0.5, 0.6) is 11.6 Å². The van der Waals surface area contributed by atoms with Crippen molar-refractivity contribution >= 4 is 27.5 Å². The number of aromatic nitrogens is 5. The summed E-state index contributed by atoms with van der Waals surface area (Å²) < 4.78 is 12.9. The molecule has 28 heavy (non-hydrogen) atoms. The highest BCUT2D eigenvalue weighted by Gasteiger charge is 2.22. The van der Waals surface area contributed by atoms with Gasteiger partial charge >= 0.3 is 5.97 Å². The number of rotatable bonds is 5. The SMILES string of the molecule is CCOC(=O)c1sc2nc(C)nc(Oc3cccc(-n4ccnn4)c3)c2c1C. The minimum Gasteiger partial charge on any atom is -0.462 e. The fourth-order valence-electron chi connectivity index (χ4n) is 2.82. The zero-order valence-corrected chi connectivity index (χ0v) is 16.4. The Hall–Kier alpha value is -3.33. The number of thiophene rings is 1. The van der Waals surface area contributed by atoms with Gasteiger partial charge in [-0.1, -0.05) is 11.3 Å². The molecule has 0 saturated heterocycles. The number of carbonyl (C=O) groups excluding carboxylic acids is 1. The first kappa shape index (κ1) is 18.1. The predicted octanol–water partition coefficient (Wildman–Crippen LogP) is 3.86. The number of hydrogen-bond acceptors (Lipinski definition) is 8. The van der Waals surface area contributed by atoms with E-state index < -0.39 is 0 Å². The molecule has 9 heteroatoms. The third-order valence-corrected chi connectivity index (χ3v) is 5.21. The van der Waals surface area contributed by atoms with Crippen molar-refractivity contribution in [1.82, 2.24) is 25.0 Å². The van der Waals surface area contributed by atoms with Crippen molar-refractivity contribution in [1.29, 1.82) is 0 Å². The van der Waals surface area contributed by atoms with Crippen LogP contribution in [0.3, 0.4) is 0 Å². The van der Waals surface area contributed by atoms with Crippen molar-refractivity contribution in [3.63, 3.8) is 0 Å². The second-order valence-electron chi connectivity index (χ2n) is 5.98. The first-order valence-electron chi connectivity index (χ1n) is 8.66. The minimum absolute atomic E-state index is 0.315. The molecule has 0 aliphatic carbocycles. The molecule has 4 aromatic rings. The summed E-state index contributed by atoms with van der Waals surface area (Å²) in [4.78, 5) is 22.4. The Morgan fingerprint density at radius 3 is 2.86 bits per heavy atom. The lowest BCUT2D eigenvalue weighted by Crippen LogP contribution is -2.03. The third-order valence-electron chi connectivity index (χ3n) is 4.05. The molecule has 0 saturated carbocycles. The Morgan fingerprint density at radius 2 is 2.11 bits per heavy atom. The van der Waals surface area contributed by atoms with Gasteiger partial charge in [0.25, 0.3) is 0 Å². The van der Waals surface area contributed by atoms with Gasteiger partial charge in [-0.05, 0) is 38.5 Å². The van der Waals surface area contributed by atoms with E-state index in [1.165, 1.54) is 11.3 Å². The van der Waals surface area contributed by atoms with Crippen LogP contribution in [0.25, 0.3) is 15.9 Å². The van der Waals surface area contributed by atoms with Gasteiger partial charge in [-0.15, -0.1) is 16.4 Å². The Kier molecular flexibility index (Phi) is 4.74. The molecule has 0 unspecified atom stereocenters. The van der Waals surface area contributed by atoms with Gasteiger partial charge in [0.15, 0.2) is 0 Å². The second kappa shape index (κ2) is 7.35. The number of ether oxygens (including phenoxy) is 2. The van der Waals surface area contributed by atoms with E-state index in [0.717, 1.165) is 11.3 Å². The van der Waals surface area contributed by atoms with Crippen molar-refractivity contribution in [2.45, 2.75) is 20.8 Å². The van der Waals surface area contributed by atoms with Gasteiger partial charge in [0, 0.05) is 6.07 Å². The van der Waals surface area contributed by atoms with Crippen molar-refractivity contribution in [3.05, 3.63) is 52.9 Å². The molecule has 0 bridgehead atoms. The molecule has 3 heterocycles. The highest BCUT2D eigenvalue weighted by Crippen LogP contribution is 2.37. The zero-order valence-electron chi connectivity index (χ0n) is 15.5. The molecule has 3 aromatic heterocycles. The normalized spacial score (nSPS) is 11.0. The molecular formula is C19H17N5O3S. The second-order valence-corrected chi connectivity index (χ2v) is 6.98. The summed E-state index contributed by atoms with van der Waals surface area (Å²) in [7, 11) is 0. The van der Waals surface area contributed by atoms with Gasteiger partial charge in [0.05, 0.1) is 30.1 Å². The van der Waals surface area contributed by atoms with Crippen LogP contribution in [0.2, 0.25) is 0 Å². The average molecular weight is 395 g/mol. The Balaban J connectivity index is 1.77. The molecule has 8 nitrogen and oxygen atoms in total. The summed E-state index contributed by atoms with van der Waals surface area (Å²) in [5.41, 5.74) is 1.56. The summed E-state index contributed by atoms with van der Waals surface area (Å²) in [5, 5.41) is 8.52. The van der Waals surface area contributed by atoms with Gasteiger partial charge in [0.2, 0.25) is 5.88 Å². The van der Waals surface area contributed by atoms with E-state index in [0.29, 0.717) is 39.2 Å². The van der Waals surface area contributed by atoms with E-state index in [4.69, 9.17) is 9.47 Å². The third kappa shape index (κ3) is 3.31. The lowest BCUT2D eigenvalue weighted by Gasteiger charge is -2.09. The van der Waals surface area contributed by atoms with Crippen molar-refractivity contribution in [3.8, 4) is 17.3 Å². The number of fused-ring (bicyclic) bond motifs is 1. The van der Waals surface area contributed by atoms with Gasteiger partial charge in [-0.2, -0.15) is 4.98 Å². The topological polar surface area (TPSA) is 92.0 Å². The van der Waals surface area contributed by atoms with Gasteiger partial charge in [-0.3, -0.25) is 0 Å². The first-order chi connectivity index (χ1) is 13.6. The fourth-order valence-corrected chi connectivity index (χ4v) is 3.93. The summed E-state index contributed by atoms with van der Waals surface area (Å²) in [6, 6.07) is 7.43. The van der Waals surface area contributed by atoms with Gasteiger partial charge in [-0.25, -0.2) is 14.5 Å². The molecule has 0 aliphatic rings. The standard InChI is InChI=1S/C19H17N5O3S/c1-4-26-19(25)16-11(2)15-17(21-12(3)22-18(15)28-16)27-14-7-5-6-13(10-14)24-9-8-20-23-24/h5-10H,4H2,1-3H3. The van der Waals surface area contributed by atoms with E-state index in [9.17, 15) is 4.79 Å². The van der Waals surface area contributed by atoms with Gasteiger partial charge < -0.3 is 9.47 Å². The van der Waals surface area contributed by atoms with E-state index in [-0.39, 0.29) is 5.97 Å². The molecule has 0 spiro atoms. The van der Waals surface area contributed by atoms with Crippen LogP contribution in [-0.2, 0) is 4.74 Å². The molecule has 142 valence electrons. The van der Waals surface area contributed by atoms with Crippen LogP contribution in [0.15, 0.2) is 36.7 Å². The van der Waals surface area contributed by atoms with Crippen molar-refractivity contribution < 1.29 is 14.3 Å². The lowest BCUT2D eigenvalue weighted by molar-refractivity contribution is 0.0531. The highest BCUT2D eigenvalue weighted by molar-refractivity contribution is 7.20. The fraction of sp³-hybridized carbons (Fsp3) is 0.211. The summed E-state index contributed by atoms with van der Waals surface area (Å²) >= 11 is 1.28. The van der Waals surface area contributed by atoms with Crippen molar-refractivity contribution in [2.24, 2.45) is 0 Å². The number of aryl methyl sites for hydroxylation is 2. The summed E-state index contributed by atoms with van der Waals surface area (Å²) in [6.45, 7) is 5.73. The number of nitrogens with zero attached hydrogens (tertiary/aromatic N) is 5.